The molecule has 3 rings (SSSR count). The van der Waals surface area contributed by atoms with E-state index in [1.54, 1.807) is 11.1 Å². The molecule has 80 valence electrons. The van der Waals surface area contributed by atoms with Crippen LogP contribution < -0.4 is 5.32 Å². The van der Waals surface area contributed by atoms with Crippen molar-refractivity contribution in [2.45, 2.75) is 12.8 Å². The van der Waals surface area contributed by atoms with Gasteiger partial charge in [0.05, 0.1) is 6.72 Å². The molecular formula is C13H17N2-. The third-order valence-electron chi connectivity index (χ3n) is 3.66. The third-order valence-corrected chi connectivity index (χ3v) is 3.66. The molecule has 2 aliphatic heterocycles. The molecular weight excluding hydrogens is 184 g/mol. The second-order valence-electron chi connectivity index (χ2n) is 4.55. The van der Waals surface area contributed by atoms with E-state index in [4.69, 9.17) is 0 Å². The van der Waals surface area contributed by atoms with Gasteiger partial charge < -0.3 is 9.89 Å². The highest BCUT2D eigenvalue weighted by Gasteiger charge is 2.24. The Labute approximate surface area is 91.4 Å². The van der Waals surface area contributed by atoms with Gasteiger partial charge in [0, 0.05) is 6.04 Å². The first-order valence-electron chi connectivity index (χ1n) is 5.77. The van der Waals surface area contributed by atoms with Crippen LogP contribution in [0.5, 0.6) is 0 Å². The largest absolute Gasteiger partial charge is 0.317 e. The van der Waals surface area contributed by atoms with Crippen molar-refractivity contribution in [1.82, 2.24) is 5.32 Å². The van der Waals surface area contributed by atoms with Gasteiger partial charge in [-0.3, -0.25) is 0 Å². The summed E-state index contributed by atoms with van der Waals surface area (Å²) in [6, 6.07) is 1.35. The SMILES string of the molecule is C=[N+]1CCC2=C(C3CCNC3)[CH-]C=C[C-]21. The van der Waals surface area contributed by atoms with Gasteiger partial charge in [-0.25, -0.2) is 18.1 Å². The van der Waals surface area contributed by atoms with E-state index in [0.29, 0.717) is 0 Å². The van der Waals surface area contributed by atoms with E-state index in [9.17, 15) is 0 Å². The lowest BCUT2D eigenvalue weighted by Gasteiger charge is -2.34. The first-order valence-corrected chi connectivity index (χ1v) is 5.77. The molecule has 0 spiro atoms. The highest BCUT2D eigenvalue weighted by atomic mass is 15.0. The number of hydrogen-bond acceptors (Lipinski definition) is 1. The Kier molecular flexibility index (Phi) is 2.10. The summed E-state index contributed by atoms with van der Waals surface area (Å²) in [4.78, 5) is 0. The lowest BCUT2D eigenvalue weighted by Crippen LogP contribution is -2.16. The standard InChI is InChI=1S/C13H17N2/c1-15-8-6-12-11(3-2-4-13(12)15)10-5-7-14-9-10/h2-4,10,14H,1,5-9H2/q-1. The van der Waals surface area contributed by atoms with Gasteiger partial charge in [-0.05, 0) is 25.9 Å². The monoisotopic (exact) mass is 201 g/mol. The van der Waals surface area contributed by atoms with Gasteiger partial charge in [-0.15, -0.1) is 0 Å². The number of fused-ring (bicyclic) bond motifs is 1. The van der Waals surface area contributed by atoms with Crippen LogP contribution in [0.25, 0.3) is 0 Å². The molecule has 0 saturated carbocycles. The van der Waals surface area contributed by atoms with Crippen LogP contribution in [0.2, 0.25) is 0 Å². The number of hydrogen-bond donors (Lipinski definition) is 1. The van der Waals surface area contributed by atoms with Crippen molar-refractivity contribution < 1.29 is 4.58 Å². The Hall–Kier alpha value is -1.15. The van der Waals surface area contributed by atoms with Gasteiger partial charge in [0.25, 0.3) is 0 Å². The van der Waals surface area contributed by atoms with E-state index in [0.717, 1.165) is 19.0 Å². The average molecular weight is 201 g/mol. The molecule has 15 heavy (non-hydrogen) atoms. The summed E-state index contributed by atoms with van der Waals surface area (Å²) in [6.07, 6.45) is 9.13. The van der Waals surface area contributed by atoms with E-state index >= 15 is 0 Å². The predicted molar refractivity (Wildman–Crippen MR) is 61.6 cm³/mol. The van der Waals surface area contributed by atoms with Crippen molar-refractivity contribution in [2.75, 3.05) is 19.6 Å². The molecule has 0 aromatic carbocycles. The maximum absolute atomic E-state index is 4.06. The van der Waals surface area contributed by atoms with E-state index in [1.165, 1.54) is 25.4 Å². The van der Waals surface area contributed by atoms with Crippen molar-refractivity contribution in [3.63, 3.8) is 0 Å². The van der Waals surface area contributed by atoms with Crippen LogP contribution in [-0.4, -0.2) is 30.9 Å². The van der Waals surface area contributed by atoms with Crippen LogP contribution in [-0.2, 0) is 0 Å². The molecule has 1 aliphatic carbocycles. The normalized spacial score (nSPS) is 29.7. The zero-order valence-electron chi connectivity index (χ0n) is 9.00. The first kappa shape index (κ1) is 9.10. The lowest BCUT2D eigenvalue weighted by atomic mass is 9.84. The van der Waals surface area contributed by atoms with Crippen molar-refractivity contribution in [3.05, 3.63) is 35.8 Å². The van der Waals surface area contributed by atoms with Crippen LogP contribution >= 0.6 is 0 Å². The van der Waals surface area contributed by atoms with Crippen molar-refractivity contribution >= 4 is 6.72 Å². The van der Waals surface area contributed by atoms with Crippen LogP contribution in [0.1, 0.15) is 12.8 Å². The molecule has 3 aliphatic rings. The van der Waals surface area contributed by atoms with Crippen molar-refractivity contribution in [3.8, 4) is 0 Å². The lowest BCUT2D eigenvalue weighted by molar-refractivity contribution is -0.475. The summed E-state index contributed by atoms with van der Waals surface area (Å²) < 4.78 is 2.13. The molecule has 1 atom stereocenters. The zero-order chi connectivity index (χ0) is 10.3. The summed E-state index contributed by atoms with van der Waals surface area (Å²) in [5.41, 5.74) is 3.10. The van der Waals surface area contributed by atoms with E-state index < -0.39 is 0 Å². The Balaban J connectivity index is 1.92. The second kappa shape index (κ2) is 3.46. The number of nitrogens with one attached hydrogen (secondary N) is 1. The fourth-order valence-electron chi connectivity index (χ4n) is 2.83. The van der Waals surface area contributed by atoms with Gasteiger partial charge >= 0.3 is 0 Å². The Morgan fingerprint density at radius 2 is 2.53 bits per heavy atom. The average Bonchev–Trinajstić information content (AvgIpc) is 2.88. The number of allylic oxidation sites excluding steroid dienone is 1. The fourth-order valence-corrected chi connectivity index (χ4v) is 2.83. The maximum atomic E-state index is 4.06. The summed E-state index contributed by atoms with van der Waals surface area (Å²) in [6.45, 7) is 7.46. The smallest absolute Gasteiger partial charge is 0.121 e. The fraction of sp³-hybridized carbons (Fsp3) is 0.462. The summed E-state index contributed by atoms with van der Waals surface area (Å²) in [5, 5.41) is 3.44. The molecule has 2 heteroatoms. The predicted octanol–water partition coefficient (Wildman–Crippen LogP) is 1.32. The molecule has 2 saturated heterocycles. The molecule has 1 unspecified atom stereocenters. The zero-order valence-corrected chi connectivity index (χ0v) is 9.00. The van der Waals surface area contributed by atoms with Crippen LogP contribution in [0, 0.1) is 18.4 Å². The molecule has 1 N–H and O–H groups in total. The Morgan fingerprint density at radius 1 is 1.60 bits per heavy atom. The third kappa shape index (κ3) is 1.40. The molecule has 2 fully saturated rings. The van der Waals surface area contributed by atoms with E-state index in [2.05, 4.69) is 35.2 Å². The first-order chi connectivity index (χ1) is 7.36. The van der Waals surface area contributed by atoms with E-state index in [1.807, 2.05) is 0 Å². The molecule has 0 amide bonds. The number of nitrogens with zero attached hydrogens (tertiary/aromatic N) is 1. The number of rotatable bonds is 1. The Morgan fingerprint density at radius 3 is 3.33 bits per heavy atom. The quantitative estimate of drug-likeness (QED) is 0.499. The molecule has 0 bridgehead atoms. The second-order valence-corrected chi connectivity index (χ2v) is 4.55. The van der Waals surface area contributed by atoms with Crippen LogP contribution in [0.15, 0.2) is 23.3 Å². The van der Waals surface area contributed by atoms with Crippen LogP contribution in [0.4, 0.5) is 0 Å². The molecule has 2 heterocycles. The molecule has 0 aromatic rings. The Bertz CT molecular complexity index is 346. The molecule has 2 nitrogen and oxygen atoms in total. The van der Waals surface area contributed by atoms with Gasteiger partial charge in [-0.2, -0.15) is 11.6 Å². The summed E-state index contributed by atoms with van der Waals surface area (Å²) in [5.74, 6) is 0.728. The molecule has 0 aromatic heterocycles. The van der Waals surface area contributed by atoms with Gasteiger partial charge in [0.2, 0.25) is 0 Å². The van der Waals surface area contributed by atoms with Gasteiger partial charge in [0.15, 0.2) is 0 Å². The maximum Gasteiger partial charge on any atom is 0.121 e. The van der Waals surface area contributed by atoms with Crippen molar-refractivity contribution in [2.24, 2.45) is 5.92 Å². The summed E-state index contributed by atoms with van der Waals surface area (Å²) >= 11 is 0. The minimum absolute atomic E-state index is 0.728. The highest BCUT2D eigenvalue weighted by molar-refractivity contribution is 5.47. The minimum atomic E-state index is 0.728. The minimum Gasteiger partial charge on any atom is -0.317 e. The van der Waals surface area contributed by atoms with E-state index in [-0.39, 0.29) is 0 Å². The highest BCUT2D eigenvalue weighted by Crippen LogP contribution is 2.38. The molecule has 0 radical (unpaired) electrons. The van der Waals surface area contributed by atoms with Crippen molar-refractivity contribution in [1.29, 1.82) is 0 Å². The van der Waals surface area contributed by atoms with Crippen LogP contribution in [0.3, 0.4) is 0 Å². The van der Waals surface area contributed by atoms with Gasteiger partial charge in [-0.1, -0.05) is 5.92 Å². The topological polar surface area (TPSA) is 15.0 Å². The van der Waals surface area contributed by atoms with Gasteiger partial charge in [0.1, 0.15) is 6.54 Å². The summed E-state index contributed by atoms with van der Waals surface area (Å²) in [7, 11) is 0.